The lowest BCUT2D eigenvalue weighted by atomic mass is 10.1. The van der Waals surface area contributed by atoms with Gasteiger partial charge in [0.1, 0.15) is 5.75 Å². The summed E-state index contributed by atoms with van der Waals surface area (Å²) in [4.78, 5) is 24.9. The van der Waals surface area contributed by atoms with Crippen LogP contribution in [0.15, 0.2) is 65.5 Å². The van der Waals surface area contributed by atoms with E-state index in [1.807, 2.05) is 74.5 Å². The zero-order valence-electron chi connectivity index (χ0n) is 16.3. The summed E-state index contributed by atoms with van der Waals surface area (Å²) in [6.07, 6.45) is -0.0768. The molecular weight excluding hydrogens is 384 g/mol. The number of ether oxygens (including phenoxy) is 1. The summed E-state index contributed by atoms with van der Waals surface area (Å²) in [5, 5.41) is 4.98. The maximum Gasteiger partial charge on any atom is 0.308 e. The average Bonchev–Trinajstić information content (AvgIpc) is 3.06. The van der Waals surface area contributed by atoms with E-state index in [1.54, 1.807) is 4.57 Å². The van der Waals surface area contributed by atoms with Gasteiger partial charge in [-0.3, -0.25) is 14.2 Å². The number of amides is 1. The van der Waals surface area contributed by atoms with Crippen molar-refractivity contribution >= 4 is 43.9 Å². The average molecular weight is 407 g/mol. The van der Waals surface area contributed by atoms with Gasteiger partial charge in [0.2, 0.25) is 0 Å². The van der Waals surface area contributed by atoms with Crippen LogP contribution in [0, 0.1) is 0 Å². The molecule has 0 bridgehead atoms. The number of carbonyl (C=O) groups excluding carboxylic acids is 1. The lowest BCUT2D eigenvalue weighted by molar-refractivity contribution is -0.122. The van der Waals surface area contributed by atoms with Crippen LogP contribution in [0.3, 0.4) is 0 Å². The van der Waals surface area contributed by atoms with Crippen LogP contribution in [0.25, 0.3) is 21.0 Å². The topological polar surface area (TPSA) is 60.3 Å². The van der Waals surface area contributed by atoms with E-state index in [-0.39, 0.29) is 10.8 Å². The number of thiazole rings is 1. The molecule has 6 heteroatoms. The molecule has 1 atom stereocenters. The minimum Gasteiger partial charge on any atom is -0.480 e. The number of anilines is 1. The van der Waals surface area contributed by atoms with E-state index in [9.17, 15) is 9.59 Å². The van der Waals surface area contributed by atoms with Gasteiger partial charge in [-0.15, -0.1) is 0 Å². The van der Waals surface area contributed by atoms with Crippen molar-refractivity contribution in [2.24, 2.45) is 0 Å². The maximum atomic E-state index is 12.8. The van der Waals surface area contributed by atoms with Crippen molar-refractivity contribution in [1.29, 1.82) is 0 Å². The third-order valence-electron chi connectivity index (χ3n) is 4.93. The Hall–Kier alpha value is -3.12. The third-order valence-corrected chi connectivity index (χ3v) is 5.88. The molecule has 148 valence electrons. The van der Waals surface area contributed by atoms with Crippen LogP contribution < -0.4 is 14.9 Å². The Morgan fingerprint density at radius 1 is 1.10 bits per heavy atom. The highest BCUT2D eigenvalue weighted by atomic mass is 32.1. The Morgan fingerprint density at radius 2 is 1.90 bits per heavy atom. The van der Waals surface area contributed by atoms with E-state index >= 15 is 0 Å². The molecule has 0 fully saturated rings. The Labute approximate surface area is 172 Å². The number of carbonyl (C=O) groups is 1. The third kappa shape index (κ3) is 3.76. The van der Waals surface area contributed by atoms with Gasteiger partial charge in [0.05, 0.1) is 10.2 Å². The molecule has 0 radical (unpaired) electrons. The van der Waals surface area contributed by atoms with E-state index in [2.05, 4.69) is 5.32 Å². The molecule has 5 nitrogen and oxygen atoms in total. The van der Waals surface area contributed by atoms with Crippen molar-refractivity contribution in [2.45, 2.75) is 32.9 Å². The van der Waals surface area contributed by atoms with Crippen molar-refractivity contribution < 1.29 is 9.53 Å². The molecule has 0 aliphatic rings. The number of hydrogen-bond donors (Lipinski definition) is 1. The number of hydrogen-bond acceptors (Lipinski definition) is 4. The summed E-state index contributed by atoms with van der Waals surface area (Å²) in [6, 6.07) is 19.3. The van der Waals surface area contributed by atoms with Gasteiger partial charge < -0.3 is 10.1 Å². The Balaban J connectivity index is 1.56. The predicted octanol–water partition coefficient (Wildman–Crippen LogP) is 5.03. The molecule has 0 spiro atoms. The van der Waals surface area contributed by atoms with Crippen LogP contribution >= 0.6 is 11.3 Å². The highest BCUT2D eigenvalue weighted by molar-refractivity contribution is 7.16. The number of rotatable bonds is 6. The van der Waals surface area contributed by atoms with Crippen LogP contribution in [0.4, 0.5) is 5.69 Å². The summed E-state index contributed by atoms with van der Waals surface area (Å²) in [5.74, 6) is 0.487. The summed E-state index contributed by atoms with van der Waals surface area (Å²) < 4.78 is 8.66. The molecule has 4 aromatic rings. The van der Waals surface area contributed by atoms with Gasteiger partial charge >= 0.3 is 4.87 Å². The first-order valence-electron chi connectivity index (χ1n) is 9.69. The van der Waals surface area contributed by atoms with Crippen molar-refractivity contribution in [1.82, 2.24) is 4.57 Å². The summed E-state index contributed by atoms with van der Waals surface area (Å²) >= 11 is 1.19. The second-order valence-corrected chi connectivity index (χ2v) is 7.77. The van der Waals surface area contributed by atoms with Crippen LogP contribution in [0.2, 0.25) is 0 Å². The number of nitrogens with zero attached hydrogens (tertiary/aromatic N) is 1. The van der Waals surface area contributed by atoms with Crippen molar-refractivity contribution in [3.63, 3.8) is 0 Å². The quantitative estimate of drug-likeness (QED) is 0.488. The van der Waals surface area contributed by atoms with Crippen molar-refractivity contribution in [2.75, 3.05) is 5.32 Å². The maximum absolute atomic E-state index is 12.8. The van der Waals surface area contributed by atoms with Crippen LogP contribution in [-0.4, -0.2) is 16.6 Å². The second-order valence-electron chi connectivity index (χ2n) is 6.78. The summed E-state index contributed by atoms with van der Waals surface area (Å²) in [5.41, 5.74) is 1.55. The van der Waals surface area contributed by atoms with Crippen LogP contribution in [0.5, 0.6) is 5.75 Å². The molecule has 1 amide bonds. The van der Waals surface area contributed by atoms with E-state index in [0.717, 1.165) is 21.0 Å². The zero-order valence-corrected chi connectivity index (χ0v) is 17.2. The fourth-order valence-corrected chi connectivity index (χ4v) is 4.43. The molecule has 3 aromatic carbocycles. The highest BCUT2D eigenvalue weighted by Gasteiger charge is 2.20. The number of aryl methyl sites for hydroxylation is 1. The lowest BCUT2D eigenvalue weighted by Crippen LogP contribution is -2.32. The molecule has 1 aromatic heterocycles. The highest BCUT2D eigenvalue weighted by Crippen LogP contribution is 2.27. The van der Waals surface area contributed by atoms with Crippen LogP contribution in [0.1, 0.15) is 20.3 Å². The number of benzene rings is 3. The number of fused-ring (bicyclic) bond motifs is 2. The monoisotopic (exact) mass is 406 g/mol. The molecule has 0 saturated carbocycles. The van der Waals surface area contributed by atoms with Gasteiger partial charge in [-0.2, -0.15) is 0 Å². The molecule has 0 saturated heterocycles. The van der Waals surface area contributed by atoms with E-state index in [4.69, 9.17) is 4.74 Å². The molecule has 29 heavy (non-hydrogen) atoms. The standard InChI is InChI=1S/C23H22N2O3S/c1-3-19(28-20-11-7-9-15-8-5-6-10-17(15)20)22(26)24-16-12-13-18-21(14-16)29-23(27)25(18)4-2/h5-14,19H,3-4H2,1-2H3,(H,24,26)/t19-/m0/s1. The molecule has 1 heterocycles. The first-order chi connectivity index (χ1) is 14.1. The Morgan fingerprint density at radius 3 is 2.69 bits per heavy atom. The van der Waals surface area contributed by atoms with E-state index in [1.165, 1.54) is 11.3 Å². The fraction of sp³-hybridized carbons (Fsp3) is 0.217. The molecular formula is C23H22N2O3S. The number of aromatic nitrogens is 1. The first kappa shape index (κ1) is 19.2. The summed E-state index contributed by atoms with van der Waals surface area (Å²) in [7, 11) is 0. The SMILES string of the molecule is CC[C@H](Oc1cccc2ccccc12)C(=O)Nc1ccc2c(c1)sc(=O)n2CC. The Bertz CT molecular complexity index is 1240. The largest absolute Gasteiger partial charge is 0.480 e. The minimum absolute atomic E-state index is 0.0108. The molecule has 4 rings (SSSR count). The first-order valence-corrected chi connectivity index (χ1v) is 10.5. The molecule has 0 unspecified atom stereocenters. The van der Waals surface area contributed by atoms with Crippen molar-refractivity contribution in [3.8, 4) is 5.75 Å². The predicted molar refractivity (Wildman–Crippen MR) is 119 cm³/mol. The van der Waals surface area contributed by atoms with E-state index in [0.29, 0.717) is 24.4 Å². The Kier molecular flexibility index (Phi) is 5.36. The number of nitrogens with one attached hydrogen (secondary N) is 1. The molecule has 1 N–H and O–H groups in total. The second kappa shape index (κ2) is 8.09. The molecule has 0 aliphatic carbocycles. The van der Waals surface area contributed by atoms with Crippen LogP contribution in [-0.2, 0) is 11.3 Å². The molecule has 0 aliphatic heterocycles. The van der Waals surface area contributed by atoms with Gasteiger partial charge in [0, 0.05) is 17.6 Å². The minimum atomic E-state index is -0.615. The van der Waals surface area contributed by atoms with Gasteiger partial charge in [0.25, 0.3) is 5.91 Å². The van der Waals surface area contributed by atoms with Gasteiger partial charge in [-0.25, -0.2) is 0 Å². The van der Waals surface area contributed by atoms with E-state index < -0.39 is 6.10 Å². The zero-order chi connectivity index (χ0) is 20.4. The fourth-order valence-electron chi connectivity index (χ4n) is 3.44. The smallest absolute Gasteiger partial charge is 0.308 e. The summed E-state index contributed by atoms with van der Waals surface area (Å²) in [6.45, 7) is 4.49. The normalized spacial score (nSPS) is 12.2. The van der Waals surface area contributed by atoms with Gasteiger partial charge in [-0.05, 0) is 43.0 Å². The lowest BCUT2D eigenvalue weighted by Gasteiger charge is -2.18. The van der Waals surface area contributed by atoms with Gasteiger partial charge in [-0.1, -0.05) is 54.7 Å². The van der Waals surface area contributed by atoms with Gasteiger partial charge in [0.15, 0.2) is 6.10 Å². The van der Waals surface area contributed by atoms with Crippen molar-refractivity contribution in [3.05, 3.63) is 70.3 Å².